The van der Waals surface area contributed by atoms with E-state index in [9.17, 15) is 9.90 Å². The van der Waals surface area contributed by atoms with Crippen LogP contribution in [0.2, 0.25) is 0 Å². The van der Waals surface area contributed by atoms with Gasteiger partial charge in [0.25, 0.3) is 0 Å². The second-order valence-corrected chi connectivity index (χ2v) is 6.61. The van der Waals surface area contributed by atoms with E-state index >= 15 is 0 Å². The van der Waals surface area contributed by atoms with Crippen molar-refractivity contribution >= 4 is 5.97 Å². The molecule has 1 saturated carbocycles. The average molecular weight is 319 g/mol. The molecule has 5 heteroatoms. The standard InChI is InChI=1S/C18H25NO4/c1-22-13-8-6-12(7-9-13)15-14(17(21)23-2)16(20)19-18(15)10-4-3-5-11-18/h6-9,14-16,19-20H,3-5,10-11H2,1-2H3/t14-,15-,16?/m0/s1. The Hall–Kier alpha value is -1.59. The van der Waals surface area contributed by atoms with Crippen LogP contribution in [-0.4, -0.2) is 37.1 Å². The lowest BCUT2D eigenvalue weighted by atomic mass is 9.68. The van der Waals surface area contributed by atoms with E-state index in [-0.39, 0.29) is 17.4 Å². The Kier molecular flexibility index (Phi) is 4.60. The lowest BCUT2D eigenvalue weighted by molar-refractivity contribution is -0.149. The minimum atomic E-state index is -0.868. The van der Waals surface area contributed by atoms with E-state index in [1.807, 2.05) is 24.3 Å². The van der Waals surface area contributed by atoms with Crippen molar-refractivity contribution < 1.29 is 19.4 Å². The zero-order valence-corrected chi connectivity index (χ0v) is 13.7. The lowest BCUT2D eigenvalue weighted by Crippen LogP contribution is -2.47. The molecule has 3 rings (SSSR count). The molecular formula is C18H25NO4. The van der Waals surface area contributed by atoms with Crippen molar-refractivity contribution in [1.29, 1.82) is 0 Å². The summed E-state index contributed by atoms with van der Waals surface area (Å²) in [7, 11) is 3.02. The van der Waals surface area contributed by atoms with Crippen LogP contribution in [0.25, 0.3) is 0 Å². The van der Waals surface area contributed by atoms with Crippen LogP contribution in [0.1, 0.15) is 43.6 Å². The van der Waals surface area contributed by atoms with Crippen molar-refractivity contribution in [3.05, 3.63) is 29.8 Å². The van der Waals surface area contributed by atoms with Gasteiger partial charge in [-0.25, -0.2) is 0 Å². The maximum atomic E-state index is 12.3. The molecule has 126 valence electrons. The van der Waals surface area contributed by atoms with Gasteiger partial charge in [-0.1, -0.05) is 31.4 Å². The van der Waals surface area contributed by atoms with Crippen LogP contribution in [0.15, 0.2) is 24.3 Å². The van der Waals surface area contributed by atoms with Gasteiger partial charge >= 0.3 is 5.97 Å². The third-order valence-electron chi connectivity index (χ3n) is 5.42. The Morgan fingerprint density at radius 2 is 1.83 bits per heavy atom. The third-order valence-corrected chi connectivity index (χ3v) is 5.42. The number of ether oxygens (including phenoxy) is 2. The van der Waals surface area contributed by atoms with Gasteiger partial charge in [0, 0.05) is 11.5 Å². The molecule has 1 aromatic rings. The molecule has 5 nitrogen and oxygen atoms in total. The van der Waals surface area contributed by atoms with Gasteiger partial charge in [0.15, 0.2) is 0 Å². The van der Waals surface area contributed by atoms with E-state index in [1.54, 1.807) is 7.11 Å². The van der Waals surface area contributed by atoms with Crippen LogP contribution in [0, 0.1) is 5.92 Å². The quantitative estimate of drug-likeness (QED) is 0.836. The zero-order valence-electron chi connectivity index (χ0n) is 13.7. The number of aliphatic hydroxyl groups excluding tert-OH is 1. The van der Waals surface area contributed by atoms with E-state index in [0.29, 0.717) is 0 Å². The van der Waals surface area contributed by atoms with Crippen LogP contribution in [0.3, 0.4) is 0 Å². The fraction of sp³-hybridized carbons (Fsp3) is 0.611. The largest absolute Gasteiger partial charge is 0.497 e. The molecule has 0 amide bonds. The van der Waals surface area contributed by atoms with Crippen LogP contribution in [0.4, 0.5) is 0 Å². The Morgan fingerprint density at radius 1 is 1.17 bits per heavy atom. The summed E-state index contributed by atoms with van der Waals surface area (Å²) in [6.45, 7) is 0. The first-order chi connectivity index (χ1) is 11.1. The summed E-state index contributed by atoms with van der Waals surface area (Å²) < 4.78 is 10.2. The number of carbonyl (C=O) groups excluding carboxylic acids is 1. The molecular weight excluding hydrogens is 294 g/mol. The van der Waals surface area contributed by atoms with Gasteiger partial charge in [-0.2, -0.15) is 0 Å². The van der Waals surface area contributed by atoms with Crippen molar-refractivity contribution in [2.75, 3.05) is 14.2 Å². The van der Waals surface area contributed by atoms with Gasteiger partial charge in [0.1, 0.15) is 17.9 Å². The molecule has 1 aromatic carbocycles. The number of hydrogen-bond acceptors (Lipinski definition) is 5. The van der Waals surface area contributed by atoms with Crippen molar-refractivity contribution in [2.24, 2.45) is 5.92 Å². The first-order valence-electron chi connectivity index (χ1n) is 8.29. The van der Waals surface area contributed by atoms with Gasteiger partial charge < -0.3 is 14.6 Å². The van der Waals surface area contributed by atoms with E-state index in [1.165, 1.54) is 13.5 Å². The van der Waals surface area contributed by atoms with Crippen molar-refractivity contribution in [3.63, 3.8) is 0 Å². The Bertz CT molecular complexity index is 551. The molecule has 1 unspecified atom stereocenters. The number of rotatable bonds is 3. The number of esters is 1. The minimum absolute atomic E-state index is 0.0869. The molecule has 1 spiro atoms. The number of benzene rings is 1. The van der Waals surface area contributed by atoms with Gasteiger partial charge in [-0.3, -0.25) is 10.1 Å². The molecule has 1 aliphatic heterocycles. The van der Waals surface area contributed by atoms with Crippen molar-refractivity contribution in [3.8, 4) is 5.75 Å². The molecule has 1 heterocycles. The summed E-state index contributed by atoms with van der Waals surface area (Å²) in [6.07, 6.45) is 4.49. The Balaban J connectivity index is 2.01. The molecule has 2 fully saturated rings. The smallest absolute Gasteiger partial charge is 0.313 e. The van der Waals surface area contributed by atoms with Crippen molar-refractivity contribution in [1.82, 2.24) is 5.32 Å². The maximum absolute atomic E-state index is 12.3. The van der Waals surface area contributed by atoms with Crippen LogP contribution >= 0.6 is 0 Å². The number of methoxy groups -OCH3 is 2. The Morgan fingerprint density at radius 3 is 2.39 bits per heavy atom. The molecule has 1 saturated heterocycles. The van der Waals surface area contributed by atoms with Gasteiger partial charge in [-0.15, -0.1) is 0 Å². The highest BCUT2D eigenvalue weighted by molar-refractivity contribution is 5.75. The molecule has 2 N–H and O–H groups in total. The SMILES string of the molecule is COC(=O)[C@@H]1C(O)NC2(CCCCC2)[C@H]1c1ccc(OC)cc1. The zero-order chi connectivity index (χ0) is 16.4. The first kappa shape index (κ1) is 16.3. The highest BCUT2D eigenvalue weighted by Gasteiger charge is 2.56. The fourth-order valence-electron chi connectivity index (χ4n) is 4.38. The third kappa shape index (κ3) is 2.83. The fourth-order valence-corrected chi connectivity index (χ4v) is 4.38. The Labute approximate surface area is 137 Å². The van der Waals surface area contributed by atoms with Crippen LogP contribution < -0.4 is 10.1 Å². The molecule has 0 aromatic heterocycles. The predicted octanol–water partition coefficient (Wildman–Crippen LogP) is 2.19. The van der Waals surface area contributed by atoms with Crippen LogP contribution in [-0.2, 0) is 9.53 Å². The lowest BCUT2D eigenvalue weighted by Gasteiger charge is -2.40. The van der Waals surface area contributed by atoms with E-state index in [2.05, 4.69) is 5.32 Å². The second-order valence-electron chi connectivity index (χ2n) is 6.61. The summed E-state index contributed by atoms with van der Waals surface area (Å²) in [6, 6.07) is 7.81. The van der Waals surface area contributed by atoms with E-state index in [4.69, 9.17) is 9.47 Å². The number of hydrogen-bond donors (Lipinski definition) is 2. The molecule has 3 atom stereocenters. The van der Waals surface area contributed by atoms with Gasteiger partial charge in [-0.05, 0) is 30.5 Å². The summed E-state index contributed by atoms with van der Waals surface area (Å²) in [5.74, 6) is -0.233. The van der Waals surface area contributed by atoms with Gasteiger partial charge in [0.2, 0.25) is 0 Å². The second kappa shape index (κ2) is 6.49. The molecule has 0 radical (unpaired) electrons. The average Bonchev–Trinajstić information content (AvgIpc) is 2.86. The topological polar surface area (TPSA) is 67.8 Å². The minimum Gasteiger partial charge on any atom is -0.497 e. The normalized spacial score (nSPS) is 29.4. The maximum Gasteiger partial charge on any atom is 0.313 e. The molecule has 0 bridgehead atoms. The van der Waals surface area contributed by atoms with E-state index in [0.717, 1.165) is 37.0 Å². The summed E-state index contributed by atoms with van der Waals surface area (Å²) >= 11 is 0. The van der Waals surface area contributed by atoms with Crippen LogP contribution in [0.5, 0.6) is 5.75 Å². The van der Waals surface area contributed by atoms with E-state index < -0.39 is 12.1 Å². The molecule has 23 heavy (non-hydrogen) atoms. The highest BCUT2D eigenvalue weighted by Crippen LogP contribution is 2.50. The van der Waals surface area contributed by atoms with Gasteiger partial charge in [0.05, 0.1) is 14.2 Å². The molecule has 2 aliphatic rings. The predicted molar refractivity (Wildman–Crippen MR) is 86.2 cm³/mol. The number of carbonyl (C=O) groups is 1. The number of aliphatic hydroxyl groups is 1. The summed E-state index contributed by atoms with van der Waals surface area (Å²) in [5, 5.41) is 13.8. The monoisotopic (exact) mass is 319 g/mol. The number of nitrogens with one attached hydrogen (secondary N) is 1. The first-order valence-corrected chi connectivity index (χ1v) is 8.29. The summed E-state index contributed by atoms with van der Waals surface area (Å²) in [4.78, 5) is 12.3. The molecule has 1 aliphatic carbocycles. The van der Waals surface area contributed by atoms with Crippen molar-refractivity contribution in [2.45, 2.75) is 49.8 Å². The summed E-state index contributed by atoms with van der Waals surface area (Å²) in [5.41, 5.74) is 0.817. The highest BCUT2D eigenvalue weighted by atomic mass is 16.5.